The van der Waals surface area contributed by atoms with Gasteiger partial charge in [0.05, 0.1) is 19.0 Å². The van der Waals surface area contributed by atoms with Gasteiger partial charge in [0.15, 0.2) is 11.5 Å². The molecule has 1 aliphatic heterocycles. The lowest BCUT2D eigenvalue weighted by atomic mass is 10.0. The van der Waals surface area contributed by atoms with Crippen LogP contribution in [0.15, 0.2) is 10.8 Å². The summed E-state index contributed by atoms with van der Waals surface area (Å²) in [6.45, 7) is 1.35. The lowest BCUT2D eigenvalue weighted by molar-refractivity contribution is 0.202. The molecule has 1 aliphatic rings. The third-order valence-electron chi connectivity index (χ3n) is 3.31. The predicted molar refractivity (Wildman–Crippen MR) is 78.3 cm³/mol. The largest absolute Gasteiger partial charge is 0.488 e. The molecule has 2 heterocycles. The Morgan fingerprint density at radius 1 is 1.10 bits per heavy atom. The first-order valence-electron chi connectivity index (χ1n) is 6.81. The smallest absolute Gasteiger partial charge is 0.264 e. The zero-order chi connectivity index (χ0) is 14.4. The number of thiophene rings is 1. The Morgan fingerprint density at radius 2 is 1.70 bits per heavy atom. The Kier molecular flexibility index (Phi) is 5.68. The molecule has 20 heavy (non-hydrogen) atoms. The van der Waals surface area contributed by atoms with Gasteiger partial charge in [0.2, 0.25) is 0 Å². The molecule has 0 amide bonds. The number of hydrogen-bond donors (Lipinski definition) is 1. The molecule has 1 aromatic heterocycles. The molecule has 114 valence electrons. The van der Waals surface area contributed by atoms with Crippen LogP contribution < -0.4 is 9.47 Å². The fourth-order valence-corrected chi connectivity index (χ4v) is 3.44. The van der Waals surface area contributed by atoms with Crippen molar-refractivity contribution >= 4 is 21.5 Å². The third kappa shape index (κ3) is 5.30. The predicted octanol–water partition coefficient (Wildman–Crippen LogP) is 2.97. The van der Waals surface area contributed by atoms with E-state index in [0.717, 1.165) is 37.2 Å². The lowest BCUT2D eigenvalue weighted by Crippen LogP contribution is -2.16. The van der Waals surface area contributed by atoms with Crippen LogP contribution >= 0.6 is 11.3 Å². The highest BCUT2D eigenvalue weighted by Gasteiger charge is 2.18. The van der Waals surface area contributed by atoms with Gasteiger partial charge in [0.1, 0.15) is 0 Å². The molecule has 0 radical (unpaired) electrons. The van der Waals surface area contributed by atoms with Crippen molar-refractivity contribution in [2.24, 2.45) is 5.92 Å². The van der Waals surface area contributed by atoms with Gasteiger partial charge in [-0.15, -0.1) is 11.3 Å². The second-order valence-corrected chi connectivity index (χ2v) is 7.39. The van der Waals surface area contributed by atoms with Gasteiger partial charge in [-0.2, -0.15) is 8.42 Å². The normalized spacial score (nSPS) is 16.1. The highest BCUT2D eigenvalue weighted by molar-refractivity contribution is 7.85. The van der Waals surface area contributed by atoms with Gasteiger partial charge in [-0.25, -0.2) is 0 Å². The summed E-state index contributed by atoms with van der Waals surface area (Å²) >= 11 is 1.58. The van der Waals surface area contributed by atoms with Crippen LogP contribution in [0.4, 0.5) is 0 Å². The molecular formula is C13H20O5S2. The van der Waals surface area contributed by atoms with Crippen molar-refractivity contribution in [3.8, 4) is 11.5 Å². The van der Waals surface area contributed by atoms with E-state index in [1.807, 2.05) is 10.8 Å². The van der Waals surface area contributed by atoms with Crippen molar-refractivity contribution in [1.82, 2.24) is 0 Å². The fraction of sp³-hybridized carbons (Fsp3) is 0.692. The first-order chi connectivity index (χ1) is 9.54. The summed E-state index contributed by atoms with van der Waals surface area (Å²) in [6, 6.07) is 0. The number of hydrogen-bond acceptors (Lipinski definition) is 5. The van der Waals surface area contributed by atoms with E-state index in [1.54, 1.807) is 11.3 Å². The van der Waals surface area contributed by atoms with E-state index in [-0.39, 0.29) is 5.75 Å². The van der Waals surface area contributed by atoms with Crippen molar-refractivity contribution in [3.63, 3.8) is 0 Å². The monoisotopic (exact) mass is 320 g/mol. The molecular weight excluding hydrogens is 300 g/mol. The standard InChI is InChI=1S/C13H20O5S2/c14-20(15,16)6-4-2-1-3-5-11-7-17-12-9-19-10-13(12)18-8-11/h9-11H,1-8H2,(H,14,15,16). The summed E-state index contributed by atoms with van der Waals surface area (Å²) in [6.07, 6.45) is 4.34. The molecule has 0 fully saturated rings. The van der Waals surface area contributed by atoms with Gasteiger partial charge in [-0.3, -0.25) is 4.55 Å². The SMILES string of the molecule is O=S(=O)(O)CCCCCCC1COc2cscc2OC1. The summed E-state index contributed by atoms with van der Waals surface area (Å²) in [5, 5.41) is 3.90. The second kappa shape index (κ2) is 7.28. The molecule has 5 nitrogen and oxygen atoms in total. The maximum absolute atomic E-state index is 10.6. The first kappa shape index (κ1) is 15.6. The van der Waals surface area contributed by atoms with Crippen LogP contribution in [0, 0.1) is 5.92 Å². The molecule has 0 saturated heterocycles. The quantitative estimate of drug-likeness (QED) is 0.617. The summed E-state index contributed by atoms with van der Waals surface area (Å²) in [5.74, 6) is 1.92. The zero-order valence-corrected chi connectivity index (χ0v) is 12.9. The lowest BCUT2D eigenvalue weighted by Gasteiger charge is -2.12. The van der Waals surface area contributed by atoms with Crippen LogP contribution in [0.3, 0.4) is 0 Å². The Bertz CT molecular complexity index is 486. The van der Waals surface area contributed by atoms with Crippen LogP contribution in [-0.2, 0) is 10.1 Å². The van der Waals surface area contributed by atoms with Crippen molar-refractivity contribution in [2.45, 2.75) is 32.1 Å². The molecule has 0 saturated carbocycles. The molecule has 0 aliphatic carbocycles. The van der Waals surface area contributed by atoms with Gasteiger partial charge in [0.25, 0.3) is 10.1 Å². The van der Waals surface area contributed by atoms with Gasteiger partial charge in [-0.05, 0) is 12.8 Å². The second-order valence-electron chi connectivity index (χ2n) is 5.08. The maximum Gasteiger partial charge on any atom is 0.264 e. The Morgan fingerprint density at radius 3 is 2.30 bits per heavy atom. The molecule has 0 spiro atoms. The van der Waals surface area contributed by atoms with Crippen molar-refractivity contribution in [2.75, 3.05) is 19.0 Å². The average Bonchev–Trinajstić information content (AvgIpc) is 2.74. The van der Waals surface area contributed by atoms with Gasteiger partial charge >= 0.3 is 0 Å². The number of fused-ring (bicyclic) bond motifs is 1. The molecule has 7 heteroatoms. The van der Waals surface area contributed by atoms with Crippen molar-refractivity contribution in [1.29, 1.82) is 0 Å². The van der Waals surface area contributed by atoms with Crippen molar-refractivity contribution in [3.05, 3.63) is 10.8 Å². The molecule has 2 rings (SSSR count). The van der Waals surface area contributed by atoms with Crippen LogP contribution in [0.2, 0.25) is 0 Å². The van der Waals surface area contributed by atoms with Crippen LogP contribution in [-0.4, -0.2) is 31.9 Å². The minimum absolute atomic E-state index is 0.136. The number of ether oxygens (including phenoxy) is 2. The van der Waals surface area contributed by atoms with Crippen LogP contribution in [0.1, 0.15) is 32.1 Å². The van der Waals surface area contributed by atoms with Crippen LogP contribution in [0.25, 0.3) is 0 Å². The van der Waals surface area contributed by atoms with E-state index in [2.05, 4.69) is 0 Å². The summed E-state index contributed by atoms with van der Waals surface area (Å²) in [5.41, 5.74) is 0. The van der Waals surface area contributed by atoms with Gasteiger partial charge in [-0.1, -0.05) is 19.3 Å². The highest BCUT2D eigenvalue weighted by atomic mass is 32.2. The van der Waals surface area contributed by atoms with Gasteiger partial charge < -0.3 is 9.47 Å². The van der Waals surface area contributed by atoms with E-state index < -0.39 is 10.1 Å². The maximum atomic E-state index is 10.6. The third-order valence-corrected chi connectivity index (χ3v) is 4.81. The molecule has 1 N–H and O–H groups in total. The summed E-state index contributed by atoms with van der Waals surface area (Å²) in [4.78, 5) is 0. The van der Waals surface area contributed by atoms with E-state index in [1.165, 1.54) is 0 Å². The zero-order valence-electron chi connectivity index (χ0n) is 11.3. The van der Waals surface area contributed by atoms with Gasteiger partial charge in [0, 0.05) is 16.7 Å². The Hall–Kier alpha value is -0.790. The Labute approximate surface area is 123 Å². The van der Waals surface area contributed by atoms with E-state index >= 15 is 0 Å². The molecule has 0 unspecified atom stereocenters. The number of unbranched alkanes of at least 4 members (excludes halogenated alkanes) is 3. The summed E-state index contributed by atoms with van der Waals surface area (Å²) < 4.78 is 41.1. The van der Waals surface area contributed by atoms with E-state index in [0.29, 0.717) is 25.6 Å². The fourth-order valence-electron chi connectivity index (χ4n) is 2.19. The first-order valence-corrected chi connectivity index (χ1v) is 9.37. The highest BCUT2D eigenvalue weighted by Crippen LogP contribution is 2.34. The number of rotatable bonds is 7. The average molecular weight is 320 g/mol. The minimum Gasteiger partial charge on any atom is -0.488 e. The minimum atomic E-state index is -3.80. The molecule has 0 bridgehead atoms. The topological polar surface area (TPSA) is 72.8 Å². The Balaban J connectivity index is 1.58. The molecule has 1 aromatic rings. The van der Waals surface area contributed by atoms with Crippen molar-refractivity contribution < 1.29 is 22.4 Å². The molecule has 0 atom stereocenters. The molecule has 0 aromatic carbocycles. The van der Waals surface area contributed by atoms with E-state index in [9.17, 15) is 8.42 Å². The van der Waals surface area contributed by atoms with Crippen LogP contribution in [0.5, 0.6) is 11.5 Å². The van der Waals surface area contributed by atoms with E-state index in [4.69, 9.17) is 14.0 Å². The summed E-state index contributed by atoms with van der Waals surface area (Å²) in [7, 11) is -3.80.